The van der Waals surface area contributed by atoms with Crippen LogP contribution in [0.5, 0.6) is 0 Å². The topological polar surface area (TPSA) is 84.9 Å². The van der Waals surface area contributed by atoms with Gasteiger partial charge in [-0.05, 0) is 23.8 Å². The normalized spacial score (nSPS) is 30.2. The molecule has 5 rings (SSSR count). The van der Waals surface area contributed by atoms with Crippen molar-refractivity contribution in [3.8, 4) is 0 Å². The smallest absolute Gasteiger partial charge is 0.277 e. The number of hydrogen-bond acceptors (Lipinski definition) is 3. The number of hydrogen-bond donors (Lipinski definition) is 2. The molecule has 3 amide bonds. The summed E-state index contributed by atoms with van der Waals surface area (Å²) in [7, 11) is 0. The average Bonchev–Trinajstić information content (AvgIpc) is 3.16. The number of halogens is 1. The van der Waals surface area contributed by atoms with Gasteiger partial charge >= 0.3 is 0 Å². The lowest BCUT2D eigenvalue weighted by Gasteiger charge is -2.30. The van der Waals surface area contributed by atoms with Gasteiger partial charge in [0.15, 0.2) is 6.04 Å². The van der Waals surface area contributed by atoms with Crippen molar-refractivity contribution in [3.63, 3.8) is 0 Å². The number of amides is 3. The van der Waals surface area contributed by atoms with Crippen LogP contribution in [0.3, 0.4) is 0 Å². The standard InChI is InChI=1S/C21H16ClN3O3/c22-13-7-3-4-8-14(13)25-20(27)15-16(21(25)28)18(19(23)26)24-10-9-11-5-1-2-6-12(11)17(15)24/h1-10,15-18H,(H2,23,26)/p+1/t15-,16+,17+,18+/m0/s1. The Labute approximate surface area is 166 Å². The predicted octanol–water partition coefficient (Wildman–Crippen LogP) is 0.924. The van der Waals surface area contributed by atoms with Gasteiger partial charge in [0.25, 0.3) is 5.91 Å². The fraction of sp³-hybridized carbons (Fsp3) is 0.190. The lowest BCUT2D eigenvalue weighted by atomic mass is 9.84. The fourth-order valence-electron chi connectivity index (χ4n) is 4.95. The SMILES string of the molecule is NC(=O)[C@H]1[C@@H]2C(=O)N(c3ccccc3Cl)C(=O)[C@@H]2[C@H]2c3ccccc3C=C[NH+]21. The van der Waals surface area contributed by atoms with Gasteiger partial charge in [-0.2, -0.15) is 0 Å². The molecule has 0 radical (unpaired) electrons. The molecule has 0 bridgehead atoms. The summed E-state index contributed by atoms with van der Waals surface area (Å²) in [5, 5.41) is 0.313. The highest BCUT2D eigenvalue weighted by molar-refractivity contribution is 6.36. The fourth-order valence-corrected chi connectivity index (χ4v) is 5.17. The van der Waals surface area contributed by atoms with Gasteiger partial charge in [0, 0.05) is 5.56 Å². The molecule has 6 nitrogen and oxygen atoms in total. The molecule has 2 aromatic carbocycles. The number of anilines is 1. The largest absolute Gasteiger partial charge is 0.364 e. The number of nitrogens with zero attached hydrogens (tertiary/aromatic N) is 1. The number of primary amides is 1. The van der Waals surface area contributed by atoms with Crippen LogP contribution < -0.4 is 15.5 Å². The van der Waals surface area contributed by atoms with Crippen LogP contribution in [0.15, 0.2) is 54.7 Å². The van der Waals surface area contributed by atoms with E-state index in [-0.39, 0.29) is 11.9 Å². The predicted molar refractivity (Wildman–Crippen MR) is 103 cm³/mol. The summed E-state index contributed by atoms with van der Waals surface area (Å²) in [5.74, 6) is -2.81. The summed E-state index contributed by atoms with van der Waals surface area (Å²) >= 11 is 6.25. The quantitative estimate of drug-likeness (QED) is 0.743. The van der Waals surface area contributed by atoms with Gasteiger partial charge in [-0.25, -0.2) is 4.90 Å². The maximum Gasteiger partial charge on any atom is 0.277 e. The van der Waals surface area contributed by atoms with Gasteiger partial charge in [0.05, 0.1) is 16.9 Å². The van der Waals surface area contributed by atoms with Crippen molar-refractivity contribution < 1.29 is 19.3 Å². The molecule has 1 unspecified atom stereocenters. The molecule has 3 N–H and O–H groups in total. The first-order chi connectivity index (χ1) is 13.5. The summed E-state index contributed by atoms with van der Waals surface area (Å²) in [6.07, 6.45) is 3.76. The van der Waals surface area contributed by atoms with Crippen molar-refractivity contribution in [1.29, 1.82) is 0 Å². The van der Waals surface area contributed by atoms with Crippen molar-refractivity contribution in [1.82, 2.24) is 0 Å². The minimum Gasteiger partial charge on any atom is -0.364 e. The minimum absolute atomic E-state index is 0.313. The number of fused-ring (bicyclic) bond motifs is 5. The van der Waals surface area contributed by atoms with Gasteiger partial charge in [-0.3, -0.25) is 19.3 Å². The van der Waals surface area contributed by atoms with E-state index in [2.05, 4.69) is 0 Å². The highest BCUT2D eigenvalue weighted by atomic mass is 35.5. The first-order valence-corrected chi connectivity index (χ1v) is 9.44. The van der Waals surface area contributed by atoms with Crippen molar-refractivity contribution in [2.24, 2.45) is 17.6 Å². The number of nitrogens with two attached hydrogens (primary N) is 1. The Hall–Kier alpha value is -2.96. The number of imide groups is 1. The second-order valence-corrected chi connectivity index (χ2v) is 7.74. The van der Waals surface area contributed by atoms with Crippen molar-refractivity contribution in [2.45, 2.75) is 12.1 Å². The van der Waals surface area contributed by atoms with Crippen LogP contribution in [0, 0.1) is 11.8 Å². The molecule has 7 heteroatoms. The summed E-state index contributed by atoms with van der Waals surface area (Å²) in [5.41, 5.74) is 7.97. The number of para-hydroxylation sites is 1. The first-order valence-electron chi connectivity index (χ1n) is 9.06. The van der Waals surface area contributed by atoms with E-state index >= 15 is 0 Å². The number of rotatable bonds is 2. The van der Waals surface area contributed by atoms with E-state index in [0.29, 0.717) is 10.7 Å². The monoisotopic (exact) mass is 394 g/mol. The van der Waals surface area contributed by atoms with Crippen LogP contribution in [0.2, 0.25) is 5.02 Å². The van der Waals surface area contributed by atoms with Crippen molar-refractivity contribution in [2.75, 3.05) is 4.90 Å². The van der Waals surface area contributed by atoms with E-state index in [1.165, 1.54) is 0 Å². The highest BCUT2D eigenvalue weighted by Crippen LogP contribution is 2.45. The van der Waals surface area contributed by atoms with E-state index in [1.54, 1.807) is 24.3 Å². The molecule has 2 saturated heterocycles. The maximum absolute atomic E-state index is 13.4. The van der Waals surface area contributed by atoms with E-state index in [0.717, 1.165) is 20.9 Å². The third-order valence-electron chi connectivity index (χ3n) is 6.02. The minimum atomic E-state index is -0.808. The number of nitrogens with one attached hydrogen (secondary N) is 1. The molecule has 3 heterocycles. The Bertz CT molecular complexity index is 1070. The number of quaternary nitrogens is 1. The third kappa shape index (κ3) is 2.16. The molecule has 3 aliphatic rings. The summed E-state index contributed by atoms with van der Waals surface area (Å²) in [6.45, 7) is 0. The Kier molecular flexibility index (Phi) is 3.69. The molecule has 2 fully saturated rings. The summed E-state index contributed by atoms with van der Waals surface area (Å²) < 4.78 is 0. The second kappa shape index (κ2) is 6.02. The van der Waals surface area contributed by atoms with Gasteiger partial charge < -0.3 is 5.73 Å². The van der Waals surface area contributed by atoms with Crippen LogP contribution in [0.25, 0.3) is 6.08 Å². The van der Waals surface area contributed by atoms with Crippen LogP contribution in [-0.2, 0) is 14.4 Å². The first kappa shape index (κ1) is 17.2. The van der Waals surface area contributed by atoms with E-state index in [4.69, 9.17) is 17.3 Å². The van der Waals surface area contributed by atoms with Crippen LogP contribution in [-0.4, -0.2) is 23.8 Å². The van der Waals surface area contributed by atoms with E-state index < -0.39 is 29.7 Å². The summed E-state index contributed by atoms with van der Waals surface area (Å²) in [6, 6.07) is 13.3. The summed E-state index contributed by atoms with van der Waals surface area (Å²) in [4.78, 5) is 41.0. The Balaban J connectivity index is 1.67. The Morgan fingerprint density at radius 2 is 1.68 bits per heavy atom. The van der Waals surface area contributed by atoms with E-state index in [1.807, 2.05) is 36.5 Å². The highest BCUT2D eigenvalue weighted by Gasteiger charge is 2.68. The lowest BCUT2D eigenvalue weighted by Crippen LogP contribution is -3.12. The molecule has 0 aromatic heterocycles. The zero-order chi connectivity index (χ0) is 19.6. The maximum atomic E-state index is 13.4. The lowest BCUT2D eigenvalue weighted by molar-refractivity contribution is -0.884. The third-order valence-corrected chi connectivity index (χ3v) is 6.34. The number of carbonyl (C=O) groups excluding carboxylic acids is 3. The van der Waals surface area contributed by atoms with Crippen LogP contribution in [0.4, 0.5) is 5.69 Å². The molecule has 0 saturated carbocycles. The second-order valence-electron chi connectivity index (χ2n) is 7.33. The molecule has 140 valence electrons. The molecule has 0 spiro atoms. The Morgan fingerprint density at radius 3 is 2.43 bits per heavy atom. The molecule has 28 heavy (non-hydrogen) atoms. The molecule has 3 aliphatic heterocycles. The van der Waals surface area contributed by atoms with Crippen LogP contribution in [0.1, 0.15) is 17.2 Å². The zero-order valence-electron chi connectivity index (χ0n) is 14.7. The van der Waals surface area contributed by atoms with Crippen molar-refractivity contribution in [3.05, 3.63) is 70.9 Å². The van der Waals surface area contributed by atoms with Gasteiger partial charge in [0.2, 0.25) is 11.8 Å². The number of carbonyl (C=O) groups is 3. The van der Waals surface area contributed by atoms with Crippen LogP contribution >= 0.6 is 11.6 Å². The molecule has 0 aliphatic carbocycles. The van der Waals surface area contributed by atoms with Gasteiger partial charge in [-0.1, -0.05) is 48.0 Å². The van der Waals surface area contributed by atoms with Crippen molar-refractivity contribution >= 4 is 41.1 Å². The van der Waals surface area contributed by atoms with Gasteiger partial charge in [-0.15, -0.1) is 0 Å². The average molecular weight is 395 g/mol. The van der Waals surface area contributed by atoms with Gasteiger partial charge in [0.1, 0.15) is 17.9 Å². The zero-order valence-corrected chi connectivity index (χ0v) is 15.5. The molecule has 5 atom stereocenters. The molecular weight excluding hydrogens is 378 g/mol. The molecule has 2 aromatic rings. The molecular formula is C21H17ClN3O3+. The Morgan fingerprint density at radius 1 is 1.00 bits per heavy atom. The van der Waals surface area contributed by atoms with E-state index in [9.17, 15) is 14.4 Å². The number of benzene rings is 2.